The number of nitrogens with zero attached hydrogens (tertiary/aromatic N) is 4. The number of benzene rings is 1. The molecule has 9 heteroatoms. The fourth-order valence-electron chi connectivity index (χ4n) is 2.90. The molecule has 0 radical (unpaired) electrons. The van der Waals surface area contributed by atoms with E-state index in [1.807, 2.05) is 0 Å². The number of carbonyl (C=O) groups excluding carboxylic acids is 1. The lowest BCUT2D eigenvalue weighted by atomic mass is 10.0. The van der Waals surface area contributed by atoms with E-state index in [9.17, 15) is 13.2 Å². The summed E-state index contributed by atoms with van der Waals surface area (Å²) in [6.07, 6.45) is 6.77. The fraction of sp³-hybridized carbons (Fsp3) is 0.158. The summed E-state index contributed by atoms with van der Waals surface area (Å²) in [4.78, 5) is 16.9. The van der Waals surface area contributed by atoms with E-state index in [0.29, 0.717) is 24.1 Å². The number of H-pyrrole nitrogens is 1. The first-order valence-electron chi connectivity index (χ1n) is 8.58. The second-order valence-corrected chi connectivity index (χ2v) is 8.40. The summed E-state index contributed by atoms with van der Waals surface area (Å²) in [7, 11) is -1.93. The molecule has 0 bridgehead atoms. The molecule has 142 valence electrons. The van der Waals surface area contributed by atoms with Gasteiger partial charge in [0.15, 0.2) is 11.4 Å². The minimum Gasteiger partial charge on any atom is -0.294 e. The Morgan fingerprint density at radius 2 is 1.89 bits per heavy atom. The van der Waals surface area contributed by atoms with Crippen molar-refractivity contribution >= 4 is 26.7 Å². The zero-order valence-electron chi connectivity index (χ0n) is 15.0. The molecule has 0 unspecified atom stereocenters. The number of pyridine rings is 1. The maximum atomic E-state index is 12.6. The number of sulfone groups is 1. The van der Waals surface area contributed by atoms with Crippen molar-refractivity contribution in [2.24, 2.45) is 7.05 Å². The predicted octanol–water partition coefficient (Wildman–Crippen LogP) is 2.34. The maximum Gasteiger partial charge on any atom is 0.209 e. The summed E-state index contributed by atoms with van der Waals surface area (Å²) >= 11 is 0. The van der Waals surface area contributed by atoms with E-state index in [2.05, 4.69) is 20.3 Å². The second-order valence-electron chi connectivity index (χ2n) is 6.45. The lowest BCUT2D eigenvalue weighted by molar-refractivity contribution is 0.0982. The molecule has 0 aliphatic heterocycles. The van der Waals surface area contributed by atoms with Crippen molar-refractivity contribution in [2.45, 2.75) is 22.6 Å². The van der Waals surface area contributed by atoms with Crippen LogP contribution in [0.4, 0.5) is 0 Å². The van der Waals surface area contributed by atoms with Gasteiger partial charge in [-0.25, -0.2) is 13.4 Å². The highest BCUT2D eigenvalue weighted by Gasteiger charge is 2.19. The molecule has 1 aromatic carbocycles. The summed E-state index contributed by atoms with van der Waals surface area (Å²) in [5.74, 6) is -0.0253. The Hall–Kier alpha value is -3.33. The highest BCUT2D eigenvalue weighted by Crippen LogP contribution is 2.21. The SMILES string of the molecule is Cn1cc(S(=O)(=O)c2ccc(CCC(=O)c3cnc4[nH]ncc4c3)cc2)cn1. The van der Waals surface area contributed by atoms with E-state index in [1.165, 1.54) is 23.3 Å². The third-order valence-corrected chi connectivity index (χ3v) is 6.20. The van der Waals surface area contributed by atoms with E-state index >= 15 is 0 Å². The molecule has 3 aromatic heterocycles. The smallest absolute Gasteiger partial charge is 0.209 e. The van der Waals surface area contributed by atoms with Crippen LogP contribution in [0, 0.1) is 0 Å². The first kappa shape index (κ1) is 18.1. The molecule has 0 saturated carbocycles. The van der Waals surface area contributed by atoms with Crippen molar-refractivity contribution in [1.82, 2.24) is 25.0 Å². The number of aryl methyl sites for hydroxylation is 2. The van der Waals surface area contributed by atoms with Crippen molar-refractivity contribution in [3.8, 4) is 0 Å². The third kappa shape index (κ3) is 3.44. The number of carbonyl (C=O) groups is 1. The molecule has 4 aromatic rings. The van der Waals surface area contributed by atoms with E-state index in [4.69, 9.17) is 0 Å². The van der Waals surface area contributed by atoms with Crippen LogP contribution >= 0.6 is 0 Å². The molecule has 0 atom stereocenters. The standard InChI is InChI=1S/C19H17N5O3S/c1-24-12-17(11-22-24)28(26,27)16-5-2-13(3-6-16)4-7-18(25)14-8-15-10-21-23-19(15)20-9-14/h2-3,5-6,8-12H,4,7H2,1H3,(H,20,21,23). The Labute approximate surface area is 161 Å². The monoisotopic (exact) mass is 395 g/mol. The Morgan fingerprint density at radius 3 is 2.61 bits per heavy atom. The van der Waals surface area contributed by atoms with Gasteiger partial charge in [0.05, 0.1) is 17.3 Å². The molecular formula is C19H17N5O3S. The quantitative estimate of drug-likeness (QED) is 0.502. The van der Waals surface area contributed by atoms with Crippen LogP contribution in [0.15, 0.2) is 64.9 Å². The van der Waals surface area contributed by atoms with Gasteiger partial charge in [-0.15, -0.1) is 0 Å². The molecular weight excluding hydrogens is 378 g/mol. The van der Waals surface area contributed by atoms with Crippen molar-refractivity contribution in [3.05, 3.63) is 66.2 Å². The molecule has 4 rings (SSSR count). The van der Waals surface area contributed by atoms with Crippen LogP contribution in [0.25, 0.3) is 11.0 Å². The zero-order valence-corrected chi connectivity index (χ0v) is 15.8. The molecule has 28 heavy (non-hydrogen) atoms. The van der Waals surface area contributed by atoms with Gasteiger partial charge < -0.3 is 0 Å². The van der Waals surface area contributed by atoms with E-state index < -0.39 is 9.84 Å². The number of nitrogens with one attached hydrogen (secondary N) is 1. The van der Waals surface area contributed by atoms with Crippen LogP contribution in [0.2, 0.25) is 0 Å². The van der Waals surface area contributed by atoms with Crippen LogP contribution in [-0.2, 0) is 23.3 Å². The van der Waals surface area contributed by atoms with E-state index in [0.717, 1.165) is 10.9 Å². The number of rotatable bonds is 6. The molecule has 0 amide bonds. The number of hydrogen-bond donors (Lipinski definition) is 1. The van der Waals surface area contributed by atoms with Crippen LogP contribution in [0.3, 0.4) is 0 Å². The van der Waals surface area contributed by atoms with Gasteiger partial charge >= 0.3 is 0 Å². The minimum atomic E-state index is -3.59. The molecule has 0 spiro atoms. The second kappa shape index (κ2) is 7.01. The fourth-order valence-corrected chi connectivity index (χ4v) is 4.14. The normalized spacial score (nSPS) is 11.8. The van der Waals surface area contributed by atoms with Gasteiger partial charge in [0.1, 0.15) is 4.90 Å². The van der Waals surface area contributed by atoms with E-state index in [1.54, 1.807) is 43.6 Å². The highest BCUT2D eigenvalue weighted by molar-refractivity contribution is 7.91. The minimum absolute atomic E-state index is 0.0253. The van der Waals surface area contributed by atoms with Gasteiger partial charge in [-0.2, -0.15) is 10.2 Å². The summed E-state index contributed by atoms with van der Waals surface area (Å²) in [6.45, 7) is 0. The average Bonchev–Trinajstić information content (AvgIpc) is 3.34. The number of aromatic nitrogens is 5. The number of aromatic amines is 1. The zero-order chi connectivity index (χ0) is 19.7. The van der Waals surface area contributed by atoms with Crippen LogP contribution in [0.5, 0.6) is 0 Å². The van der Waals surface area contributed by atoms with Gasteiger partial charge in [-0.3, -0.25) is 14.6 Å². The summed E-state index contributed by atoms with van der Waals surface area (Å²) in [5, 5.41) is 11.3. The number of ketones is 1. The third-order valence-electron chi connectivity index (χ3n) is 4.48. The molecule has 3 heterocycles. The van der Waals surface area contributed by atoms with Crippen LogP contribution < -0.4 is 0 Å². The molecule has 0 aliphatic carbocycles. The van der Waals surface area contributed by atoms with Crippen molar-refractivity contribution in [1.29, 1.82) is 0 Å². The summed E-state index contributed by atoms with van der Waals surface area (Å²) < 4.78 is 26.6. The first-order valence-corrected chi connectivity index (χ1v) is 10.1. The van der Waals surface area contributed by atoms with Crippen molar-refractivity contribution in [3.63, 3.8) is 0 Å². The average molecular weight is 395 g/mol. The number of Topliss-reactive ketones (excluding diaryl/α,β-unsaturated/α-hetero) is 1. The molecule has 0 saturated heterocycles. The van der Waals surface area contributed by atoms with Gasteiger partial charge in [0.2, 0.25) is 9.84 Å². The number of fused-ring (bicyclic) bond motifs is 1. The van der Waals surface area contributed by atoms with Crippen LogP contribution in [0.1, 0.15) is 22.3 Å². The van der Waals surface area contributed by atoms with Gasteiger partial charge in [0.25, 0.3) is 0 Å². The Balaban J connectivity index is 1.45. The highest BCUT2D eigenvalue weighted by atomic mass is 32.2. The molecule has 8 nitrogen and oxygen atoms in total. The number of hydrogen-bond acceptors (Lipinski definition) is 6. The summed E-state index contributed by atoms with van der Waals surface area (Å²) in [6, 6.07) is 8.34. The van der Waals surface area contributed by atoms with Crippen LogP contribution in [-0.4, -0.2) is 39.2 Å². The largest absolute Gasteiger partial charge is 0.294 e. The Morgan fingerprint density at radius 1 is 1.11 bits per heavy atom. The topological polar surface area (TPSA) is 111 Å². The van der Waals surface area contributed by atoms with E-state index in [-0.39, 0.29) is 15.6 Å². The lowest BCUT2D eigenvalue weighted by Gasteiger charge is -2.05. The van der Waals surface area contributed by atoms with Crippen molar-refractivity contribution in [2.75, 3.05) is 0 Å². The molecule has 0 aliphatic rings. The Kier molecular flexibility index (Phi) is 4.52. The van der Waals surface area contributed by atoms with Gasteiger partial charge in [-0.1, -0.05) is 12.1 Å². The Bertz CT molecular complexity index is 1260. The predicted molar refractivity (Wildman–Crippen MR) is 102 cm³/mol. The van der Waals surface area contributed by atoms with Gasteiger partial charge in [0, 0.05) is 36.8 Å². The van der Waals surface area contributed by atoms with Crippen molar-refractivity contribution < 1.29 is 13.2 Å². The van der Waals surface area contributed by atoms with Gasteiger partial charge in [-0.05, 0) is 30.2 Å². The maximum absolute atomic E-state index is 12.6. The lowest BCUT2D eigenvalue weighted by Crippen LogP contribution is -2.03. The summed E-state index contributed by atoms with van der Waals surface area (Å²) in [5.41, 5.74) is 2.06. The first-order chi connectivity index (χ1) is 13.4. The molecule has 1 N–H and O–H groups in total. The molecule has 0 fully saturated rings.